The number of hydrogen-bond acceptors (Lipinski definition) is 3. The van der Waals surface area contributed by atoms with Crippen LogP contribution in [0, 0.1) is 0 Å². The zero-order valence-electron chi connectivity index (χ0n) is 8.83. The molecule has 0 amide bonds. The summed E-state index contributed by atoms with van der Waals surface area (Å²) in [5.41, 5.74) is 0. The SMILES string of the molecule is COCCNCCC=Cc1sccc1Br. The first-order valence-electron chi connectivity index (χ1n) is 4.94. The van der Waals surface area contributed by atoms with E-state index in [2.05, 4.69) is 44.8 Å². The van der Waals surface area contributed by atoms with Crippen molar-refractivity contribution in [2.24, 2.45) is 0 Å². The second kappa shape index (κ2) is 8.05. The van der Waals surface area contributed by atoms with E-state index in [1.807, 2.05) is 0 Å². The van der Waals surface area contributed by atoms with Crippen LogP contribution in [-0.2, 0) is 4.74 Å². The number of rotatable bonds is 7. The van der Waals surface area contributed by atoms with E-state index in [9.17, 15) is 0 Å². The molecule has 1 heterocycles. The Morgan fingerprint density at radius 3 is 3.07 bits per heavy atom. The van der Waals surface area contributed by atoms with Gasteiger partial charge in [0.1, 0.15) is 0 Å². The summed E-state index contributed by atoms with van der Waals surface area (Å²) in [7, 11) is 1.72. The lowest BCUT2D eigenvalue weighted by Crippen LogP contribution is -2.19. The van der Waals surface area contributed by atoms with Crippen molar-refractivity contribution >= 4 is 33.3 Å². The van der Waals surface area contributed by atoms with Crippen LogP contribution in [-0.4, -0.2) is 26.8 Å². The lowest BCUT2D eigenvalue weighted by atomic mass is 10.3. The fourth-order valence-corrected chi connectivity index (χ4v) is 2.53. The molecule has 0 fully saturated rings. The number of thiophene rings is 1. The zero-order valence-corrected chi connectivity index (χ0v) is 11.2. The lowest BCUT2D eigenvalue weighted by Gasteiger charge is -2.00. The van der Waals surface area contributed by atoms with Crippen LogP contribution in [0.1, 0.15) is 11.3 Å². The maximum Gasteiger partial charge on any atom is 0.0587 e. The van der Waals surface area contributed by atoms with Crippen molar-refractivity contribution in [2.75, 3.05) is 26.8 Å². The minimum atomic E-state index is 0.778. The van der Waals surface area contributed by atoms with Gasteiger partial charge in [0, 0.05) is 23.0 Å². The predicted molar refractivity (Wildman–Crippen MR) is 70.4 cm³/mol. The van der Waals surface area contributed by atoms with E-state index in [1.165, 1.54) is 9.35 Å². The molecule has 0 radical (unpaired) electrons. The Balaban J connectivity index is 2.10. The topological polar surface area (TPSA) is 21.3 Å². The van der Waals surface area contributed by atoms with E-state index in [0.717, 1.165) is 26.1 Å². The minimum Gasteiger partial charge on any atom is -0.383 e. The number of nitrogens with one attached hydrogen (secondary N) is 1. The van der Waals surface area contributed by atoms with Crippen molar-refractivity contribution in [3.8, 4) is 0 Å². The Labute approximate surface area is 103 Å². The fourth-order valence-electron chi connectivity index (χ4n) is 1.10. The lowest BCUT2D eigenvalue weighted by molar-refractivity contribution is 0.199. The van der Waals surface area contributed by atoms with Crippen LogP contribution >= 0.6 is 27.3 Å². The van der Waals surface area contributed by atoms with Crippen molar-refractivity contribution in [3.05, 3.63) is 26.9 Å². The Hall–Kier alpha value is -0.160. The molecule has 84 valence electrons. The van der Waals surface area contributed by atoms with Crippen LogP contribution in [0.4, 0.5) is 0 Å². The van der Waals surface area contributed by atoms with Crippen LogP contribution in [0.2, 0.25) is 0 Å². The summed E-state index contributed by atoms with van der Waals surface area (Å²) in [6.07, 6.45) is 5.40. The molecular weight excluding hydrogens is 274 g/mol. The molecule has 15 heavy (non-hydrogen) atoms. The standard InChI is InChI=1S/C11H16BrNOS/c1-14-8-7-13-6-3-2-4-11-10(12)5-9-15-11/h2,4-5,9,13H,3,6-8H2,1H3. The summed E-state index contributed by atoms with van der Waals surface area (Å²) in [6.45, 7) is 2.70. The van der Waals surface area contributed by atoms with E-state index >= 15 is 0 Å². The van der Waals surface area contributed by atoms with Crippen LogP contribution in [0.15, 0.2) is 22.0 Å². The molecule has 1 aromatic heterocycles. The summed E-state index contributed by atoms with van der Waals surface area (Å²) in [4.78, 5) is 1.28. The van der Waals surface area contributed by atoms with Crippen LogP contribution < -0.4 is 5.32 Å². The number of halogens is 1. The molecule has 0 atom stereocenters. The summed E-state index contributed by atoms with van der Waals surface area (Å²) in [6, 6.07) is 2.07. The molecule has 4 heteroatoms. The van der Waals surface area contributed by atoms with E-state index < -0.39 is 0 Å². The monoisotopic (exact) mass is 289 g/mol. The molecule has 0 aliphatic rings. The molecule has 1 N–H and O–H groups in total. The summed E-state index contributed by atoms with van der Waals surface area (Å²) in [5.74, 6) is 0. The molecule has 1 rings (SSSR count). The van der Waals surface area contributed by atoms with Crippen LogP contribution in [0.3, 0.4) is 0 Å². The number of ether oxygens (including phenoxy) is 1. The van der Waals surface area contributed by atoms with Gasteiger partial charge in [-0.3, -0.25) is 0 Å². The third-order valence-corrected chi connectivity index (χ3v) is 3.72. The van der Waals surface area contributed by atoms with Crippen molar-refractivity contribution in [1.29, 1.82) is 0 Å². The highest BCUT2D eigenvalue weighted by molar-refractivity contribution is 9.10. The highest BCUT2D eigenvalue weighted by Gasteiger charge is 1.94. The predicted octanol–water partition coefficient (Wildman–Crippen LogP) is 3.15. The van der Waals surface area contributed by atoms with E-state index in [-0.39, 0.29) is 0 Å². The molecule has 1 aromatic rings. The molecule has 0 unspecified atom stereocenters. The highest BCUT2D eigenvalue weighted by Crippen LogP contribution is 2.23. The van der Waals surface area contributed by atoms with Crippen molar-refractivity contribution in [1.82, 2.24) is 5.32 Å². The van der Waals surface area contributed by atoms with Gasteiger partial charge in [0.25, 0.3) is 0 Å². The van der Waals surface area contributed by atoms with Gasteiger partial charge in [-0.25, -0.2) is 0 Å². The molecule has 0 saturated heterocycles. The molecule has 0 saturated carbocycles. The average Bonchev–Trinajstić information content (AvgIpc) is 2.63. The van der Waals surface area contributed by atoms with Gasteiger partial charge >= 0.3 is 0 Å². The van der Waals surface area contributed by atoms with E-state index in [0.29, 0.717) is 0 Å². The second-order valence-corrected chi connectivity index (χ2v) is 4.87. The van der Waals surface area contributed by atoms with E-state index in [1.54, 1.807) is 18.4 Å². The third kappa shape index (κ3) is 5.47. The summed E-state index contributed by atoms with van der Waals surface area (Å²) < 4.78 is 6.11. The maximum atomic E-state index is 4.94. The molecule has 0 spiro atoms. The fraction of sp³-hybridized carbons (Fsp3) is 0.455. The molecule has 2 nitrogen and oxygen atoms in total. The zero-order chi connectivity index (χ0) is 10.9. The largest absolute Gasteiger partial charge is 0.383 e. The molecule has 0 bridgehead atoms. The van der Waals surface area contributed by atoms with Crippen molar-refractivity contribution in [2.45, 2.75) is 6.42 Å². The van der Waals surface area contributed by atoms with Gasteiger partial charge in [0.15, 0.2) is 0 Å². The average molecular weight is 290 g/mol. The summed E-state index contributed by atoms with van der Waals surface area (Å²) >= 11 is 5.24. The number of hydrogen-bond donors (Lipinski definition) is 1. The minimum absolute atomic E-state index is 0.778. The molecule has 0 aromatic carbocycles. The van der Waals surface area contributed by atoms with Gasteiger partial charge in [-0.15, -0.1) is 11.3 Å². The van der Waals surface area contributed by atoms with Crippen LogP contribution in [0.25, 0.3) is 6.08 Å². The Bertz CT molecular complexity index is 299. The normalized spacial score (nSPS) is 11.3. The maximum absolute atomic E-state index is 4.94. The third-order valence-electron chi connectivity index (χ3n) is 1.88. The smallest absolute Gasteiger partial charge is 0.0587 e. The molecule has 0 aliphatic carbocycles. The first-order chi connectivity index (χ1) is 7.34. The molecule has 0 aliphatic heterocycles. The van der Waals surface area contributed by atoms with E-state index in [4.69, 9.17) is 4.74 Å². The van der Waals surface area contributed by atoms with Gasteiger partial charge < -0.3 is 10.1 Å². The first-order valence-corrected chi connectivity index (χ1v) is 6.61. The summed E-state index contributed by atoms with van der Waals surface area (Å²) in [5, 5.41) is 5.38. The second-order valence-electron chi connectivity index (χ2n) is 3.07. The highest BCUT2D eigenvalue weighted by atomic mass is 79.9. The quantitative estimate of drug-likeness (QED) is 0.779. The Morgan fingerprint density at radius 2 is 2.40 bits per heavy atom. The number of methoxy groups -OCH3 is 1. The Kier molecular flexibility index (Phi) is 6.92. The van der Waals surface area contributed by atoms with Crippen molar-refractivity contribution < 1.29 is 4.74 Å². The van der Waals surface area contributed by atoms with Crippen LogP contribution in [0.5, 0.6) is 0 Å². The van der Waals surface area contributed by atoms with Gasteiger partial charge in [0.2, 0.25) is 0 Å². The van der Waals surface area contributed by atoms with Gasteiger partial charge in [0.05, 0.1) is 6.61 Å². The molecular formula is C11H16BrNOS. The first kappa shape index (κ1) is 12.9. The van der Waals surface area contributed by atoms with Gasteiger partial charge in [-0.05, 0) is 46.4 Å². The van der Waals surface area contributed by atoms with Crippen molar-refractivity contribution in [3.63, 3.8) is 0 Å². The van der Waals surface area contributed by atoms with Gasteiger partial charge in [-0.1, -0.05) is 6.08 Å². The Morgan fingerprint density at radius 1 is 1.53 bits per heavy atom. The van der Waals surface area contributed by atoms with Gasteiger partial charge in [-0.2, -0.15) is 0 Å².